The fourth-order valence-electron chi connectivity index (χ4n) is 3.44. The minimum Gasteiger partial charge on any atom is -0.444 e. The van der Waals surface area contributed by atoms with E-state index < -0.39 is 5.60 Å². The van der Waals surface area contributed by atoms with Gasteiger partial charge in [0.25, 0.3) is 0 Å². The van der Waals surface area contributed by atoms with E-state index in [0.717, 1.165) is 12.5 Å². The summed E-state index contributed by atoms with van der Waals surface area (Å²) in [7, 11) is 0. The van der Waals surface area contributed by atoms with E-state index in [1.54, 1.807) is 0 Å². The molecule has 2 aliphatic rings. The molecule has 2 rings (SSSR count). The van der Waals surface area contributed by atoms with Crippen LogP contribution in [0.5, 0.6) is 0 Å². The fraction of sp³-hybridized carbons (Fsp3) is 0.941. The van der Waals surface area contributed by atoms with Crippen LogP contribution in [0.15, 0.2) is 0 Å². The van der Waals surface area contributed by atoms with Gasteiger partial charge in [-0.15, -0.1) is 0 Å². The molecule has 2 N–H and O–H groups in total. The molecule has 3 unspecified atom stereocenters. The van der Waals surface area contributed by atoms with Crippen molar-refractivity contribution in [1.82, 2.24) is 10.6 Å². The summed E-state index contributed by atoms with van der Waals surface area (Å²) in [5, 5.41) is 6.75. The molecular formula is C17H32N2O2. The average molecular weight is 296 g/mol. The summed E-state index contributed by atoms with van der Waals surface area (Å²) < 4.78 is 5.31. The highest BCUT2D eigenvalue weighted by Gasteiger charge is 2.32. The number of carbonyl (C=O) groups excluding carboxylic acids is 1. The Bertz CT molecular complexity index is 347. The monoisotopic (exact) mass is 296 g/mol. The van der Waals surface area contributed by atoms with Crippen LogP contribution in [0.2, 0.25) is 0 Å². The number of carbonyl (C=O) groups is 1. The third-order valence-electron chi connectivity index (χ3n) is 4.90. The minimum absolute atomic E-state index is 0.291. The van der Waals surface area contributed by atoms with Gasteiger partial charge in [0.1, 0.15) is 5.60 Å². The van der Waals surface area contributed by atoms with Gasteiger partial charge in [0.05, 0.1) is 0 Å². The molecular weight excluding hydrogens is 264 g/mol. The van der Waals surface area contributed by atoms with Gasteiger partial charge < -0.3 is 15.4 Å². The van der Waals surface area contributed by atoms with Crippen LogP contribution in [0, 0.1) is 11.8 Å². The van der Waals surface area contributed by atoms with Gasteiger partial charge in [0, 0.05) is 18.6 Å². The molecule has 2 fully saturated rings. The van der Waals surface area contributed by atoms with Gasteiger partial charge in [0.2, 0.25) is 0 Å². The first kappa shape index (κ1) is 16.6. The van der Waals surface area contributed by atoms with Gasteiger partial charge in [-0.1, -0.05) is 12.8 Å². The van der Waals surface area contributed by atoms with Crippen molar-refractivity contribution in [2.45, 2.75) is 83.9 Å². The van der Waals surface area contributed by atoms with Crippen LogP contribution in [-0.2, 0) is 4.74 Å². The standard InChI is InChI=1S/C17H32N2O2/c1-12(13-7-5-8-13)19-15-10-6-9-14(15)11-18-16(20)21-17(2,3)4/h12-15,19H,5-11H2,1-4H3,(H,18,20). The van der Waals surface area contributed by atoms with Crippen LogP contribution in [0.25, 0.3) is 0 Å². The molecule has 2 aliphatic carbocycles. The second-order valence-electron chi connectivity index (χ2n) is 7.83. The average Bonchev–Trinajstić information content (AvgIpc) is 2.68. The summed E-state index contributed by atoms with van der Waals surface area (Å²) in [4.78, 5) is 11.8. The van der Waals surface area contributed by atoms with Crippen molar-refractivity contribution in [2.24, 2.45) is 11.8 Å². The predicted octanol–water partition coefficient (Wildman–Crippen LogP) is 3.46. The predicted molar refractivity (Wildman–Crippen MR) is 85.3 cm³/mol. The Balaban J connectivity index is 1.72. The molecule has 0 radical (unpaired) electrons. The van der Waals surface area contributed by atoms with E-state index in [2.05, 4.69) is 17.6 Å². The molecule has 3 atom stereocenters. The molecule has 4 heteroatoms. The van der Waals surface area contributed by atoms with Gasteiger partial charge in [-0.2, -0.15) is 0 Å². The smallest absolute Gasteiger partial charge is 0.407 e. The molecule has 0 spiro atoms. The summed E-state index contributed by atoms with van der Waals surface area (Å²) in [6.07, 6.45) is 7.55. The van der Waals surface area contributed by atoms with Crippen molar-refractivity contribution < 1.29 is 9.53 Å². The molecule has 0 heterocycles. The lowest BCUT2D eigenvalue weighted by molar-refractivity contribution is 0.0516. The minimum atomic E-state index is -0.420. The van der Waals surface area contributed by atoms with Crippen molar-refractivity contribution in [1.29, 1.82) is 0 Å². The van der Waals surface area contributed by atoms with Crippen molar-refractivity contribution in [3.05, 3.63) is 0 Å². The number of nitrogens with one attached hydrogen (secondary N) is 2. The van der Waals surface area contributed by atoms with Crippen molar-refractivity contribution in [2.75, 3.05) is 6.54 Å². The molecule has 0 saturated heterocycles. The number of hydrogen-bond donors (Lipinski definition) is 2. The van der Waals surface area contributed by atoms with Crippen molar-refractivity contribution in [3.8, 4) is 0 Å². The van der Waals surface area contributed by atoms with E-state index >= 15 is 0 Å². The second-order valence-corrected chi connectivity index (χ2v) is 7.83. The number of amides is 1. The van der Waals surface area contributed by atoms with Crippen LogP contribution < -0.4 is 10.6 Å². The highest BCUT2D eigenvalue weighted by Crippen LogP contribution is 2.32. The number of alkyl carbamates (subject to hydrolysis) is 1. The lowest BCUT2D eigenvalue weighted by atomic mass is 9.80. The summed E-state index contributed by atoms with van der Waals surface area (Å²) in [6.45, 7) is 8.73. The lowest BCUT2D eigenvalue weighted by Crippen LogP contribution is -2.47. The topological polar surface area (TPSA) is 50.4 Å². The highest BCUT2D eigenvalue weighted by molar-refractivity contribution is 5.67. The Morgan fingerprint density at radius 2 is 1.86 bits per heavy atom. The highest BCUT2D eigenvalue weighted by atomic mass is 16.6. The maximum Gasteiger partial charge on any atom is 0.407 e. The second kappa shape index (κ2) is 6.99. The quantitative estimate of drug-likeness (QED) is 0.817. The third kappa shape index (κ3) is 5.17. The van der Waals surface area contributed by atoms with Crippen LogP contribution in [0.4, 0.5) is 4.79 Å². The van der Waals surface area contributed by atoms with E-state index in [-0.39, 0.29) is 6.09 Å². The van der Waals surface area contributed by atoms with Gasteiger partial charge in [-0.25, -0.2) is 4.79 Å². The summed E-state index contributed by atoms with van der Waals surface area (Å²) in [5.41, 5.74) is -0.420. The number of rotatable bonds is 5. The third-order valence-corrected chi connectivity index (χ3v) is 4.90. The maximum absolute atomic E-state index is 11.8. The van der Waals surface area contributed by atoms with E-state index in [1.165, 1.54) is 38.5 Å². The Kier molecular flexibility index (Phi) is 5.53. The first-order valence-electron chi connectivity index (χ1n) is 8.58. The largest absolute Gasteiger partial charge is 0.444 e. The molecule has 1 amide bonds. The number of ether oxygens (including phenoxy) is 1. The van der Waals surface area contributed by atoms with Crippen LogP contribution in [0.3, 0.4) is 0 Å². The lowest BCUT2D eigenvalue weighted by Gasteiger charge is -2.35. The van der Waals surface area contributed by atoms with Gasteiger partial charge in [0.15, 0.2) is 0 Å². The SMILES string of the molecule is CC(NC1CCCC1CNC(=O)OC(C)(C)C)C1CCC1. The van der Waals surface area contributed by atoms with E-state index in [4.69, 9.17) is 4.74 Å². The summed E-state index contributed by atoms with van der Waals surface area (Å²) >= 11 is 0. The maximum atomic E-state index is 11.8. The Hall–Kier alpha value is -0.770. The summed E-state index contributed by atoms with van der Waals surface area (Å²) in [5.74, 6) is 1.41. The number of hydrogen-bond acceptors (Lipinski definition) is 3. The van der Waals surface area contributed by atoms with Gasteiger partial charge >= 0.3 is 6.09 Å². The van der Waals surface area contributed by atoms with Crippen molar-refractivity contribution in [3.63, 3.8) is 0 Å². The zero-order valence-electron chi connectivity index (χ0n) is 14.1. The Morgan fingerprint density at radius 1 is 1.19 bits per heavy atom. The molecule has 4 nitrogen and oxygen atoms in total. The van der Waals surface area contributed by atoms with Crippen LogP contribution >= 0.6 is 0 Å². The molecule has 21 heavy (non-hydrogen) atoms. The molecule has 0 aromatic heterocycles. The fourth-order valence-corrected chi connectivity index (χ4v) is 3.44. The molecule has 0 aromatic carbocycles. The summed E-state index contributed by atoms with van der Waals surface area (Å²) in [6, 6.07) is 1.17. The van der Waals surface area contributed by atoms with E-state index in [1.807, 2.05) is 20.8 Å². The first-order valence-corrected chi connectivity index (χ1v) is 8.58. The molecule has 0 aliphatic heterocycles. The van der Waals surface area contributed by atoms with Crippen LogP contribution in [0.1, 0.15) is 66.2 Å². The molecule has 2 saturated carbocycles. The van der Waals surface area contributed by atoms with E-state index in [9.17, 15) is 4.79 Å². The molecule has 0 aromatic rings. The Morgan fingerprint density at radius 3 is 2.43 bits per heavy atom. The van der Waals surface area contributed by atoms with Gasteiger partial charge in [-0.05, 0) is 65.2 Å². The molecule has 122 valence electrons. The van der Waals surface area contributed by atoms with Crippen LogP contribution in [-0.4, -0.2) is 30.3 Å². The van der Waals surface area contributed by atoms with E-state index in [0.29, 0.717) is 18.0 Å². The first-order chi connectivity index (χ1) is 9.85. The molecule has 0 bridgehead atoms. The zero-order chi connectivity index (χ0) is 15.5. The normalized spacial score (nSPS) is 28.0. The Labute approximate surface area is 129 Å². The van der Waals surface area contributed by atoms with Gasteiger partial charge in [-0.3, -0.25) is 0 Å². The zero-order valence-corrected chi connectivity index (χ0v) is 14.1. The van der Waals surface area contributed by atoms with Crippen molar-refractivity contribution >= 4 is 6.09 Å².